The molecule has 0 radical (unpaired) electrons. The topological polar surface area (TPSA) is 89.3 Å². The number of sulfone groups is 1. The molecule has 1 amide bonds. The number of nitrogens with two attached hydrogens (primary N) is 1. The average molecular weight is 369 g/mol. The van der Waals surface area contributed by atoms with Gasteiger partial charge in [0.15, 0.2) is 9.84 Å². The molecule has 110 valence electrons. The molecule has 5 nitrogen and oxygen atoms in total. The highest BCUT2D eigenvalue weighted by Crippen LogP contribution is 2.16. The largest absolute Gasteiger partial charge is 0.399 e. The molecule has 0 unspecified atom stereocenters. The summed E-state index contributed by atoms with van der Waals surface area (Å²) in [5, 5.41) is 2.52. The van der Waals surface area contributed by atoms with E-state index in [0.717, 1.165) is 4.47 Å². The van der Waals surface area contributed by atoms with Crippen LogP contribution in [-0.2, 0) is 14.6 Å². The summed E-state index contributed by atoms with van der Waals surface area (Å²) in [5.41, 5.74) is 6.60. The van der Waals surface area contributed by atoms with Gasteiger partial charge in [-0.3, -0.25) is 4.79 Å². The Morgan fingerprint density at radius 2 is 1.62 bits per heavy atom. The molecule has 0 aliphatic rings. The SMILES string of the molecule is Nc1ccc(NC(=O)CS(=O)(=O)c2ccc(Br)cc2)cc1. The zero-order valence-corrected chi connectivity index (χ0v) is 13.3. The molecule has 0 saturated carbocycles. The van der Waals surface area contributed by atoms with E-state index in [4.69, 9.17) is 5.73 Å². The number of benzene rings is 2. The Bertz CT molecular complexity index is 741. The molecule has 0 fully saturated rings. The average Bonchev–Trinajstić information content (AvgIpc) is 2.41. The van der Waals surface area contributed by atoms with Gasteiger partial charge < -0.3 is 11.1 Å². The smallest absolute Gasteiger partial charge is 0.239 e. The number of anilines is 2. The number of rotatable bonds is 4. The van der Waals surface area contributed by atoms with Gasteiger partial charge in [-0.15, -0.1) is 0 Å². The first-order chi connectivity index (χ1) is 9.87. The highest BCUT2D eigenvalue weighted by molar-refractivity contribution is 9.10. The molecule has 2 aromatic carbocycles. The number of carbonyl (C=O) groups excluding carboxylic acids is 1. The fourth-order valence-corrected chi connectivity index (χ4v) is 3.06. The molecule has 0 saturated heterocycles. The lowest BCUT2D eigenvalue weighted by atomic mass is 10.3. The number of carbonyl (C=O) groups is 1. The van der Waals surface area contributed by atoms with Crippen molar-refractivity contribution in [3.05, 3.63) is 53.0 Å². The lowest BCUT2D eigenvalue weighted by molar-refractivity contribution is -0.113. The summed E-state index contributed by atoms with van der Waals surface area (Å²) in [5.74, 6) is -1.21. The molecule has 0 aliphatic carbocycles. The minimum Gasteiger partial charge on any atom is -0.399 e. The molecule has 0 spiro atoms. The van der Waals surface area contributed by atoms with E-state index in [1.165, 1.54) is 12.1 Å². The molecule has 0 aromatic heterocycles. The van der Waals surface area contributed by atoms with E-state index in [-0.39, 0.29) is 4.90 Å². The molecule has 7 heteroatoms. The summed E-state index contributed by atoms with van der Waals surface area (Å²) in [6, 6.07) is 12.6. The van der Waals surface area contributed by atoms with E-state index in [0.29, 0.717) is 11.4 Å². The number of hydrogen-bond acceptors (Lipinski definition) is 4. The minimum absolute atomic E-state index is 0.109. The first kappa shape index (κ1) is 15.5. The highest BCUT2D eigenvalue weighted by atomic mass is 79.9. The van der Waals surface area contributed by atoms with Gasteiger partial charge in [-0.1, -0.05) is 15.9 Å². The first-order valence-corrected chi connectivity index (χ1v) is 8.45. The molecule has 0 atom stereocenters. The molecule has 3 N–H and O–H groups in total. The lowest BCUT2D eigenvalue weighted by Crippen LogP contribution is -2.23. The van der Waals surface area contributed by atoms with Gasteiger partial charge in [0.05, 0.1) is 4.90 Å². The minimum atomic E-state index is -3.66. The van der Waals surface area contributed by atoms with Crippen LogP contribution in [0.5, 0.6) is 0 Å². The van der Waals surface area contributed by atoms with Crippen LogP contribution in [0, 0.1) is 0 Å². The number of halogens is 1. The van der Waals surface area contributed by atoms with Crippen molar-refractivity contribution in [1.82, 2.24) is 0 Å². The highest BCUT2D eigenvalue weighted by Gasteiger charge is 2.19. The summed E-state index contributed by atoms with van der Waals surface area (Å²) >= 11 is 3.23. The van der Waals surface area contributed by atoms with E-state index in [1.807, 2.05) is 0 Å². The Morgan fingerprint density at radius 3 is 2.19 bits per heavy atom. The predicted octanol–water partition coefficient (Wildman–Crippen LogP) is 2.44. The third-order valence-electron chi connectivity index (χ3n) is 2.69. The summed E-state index contributed by atoms with van der Waals surface area (Å²) in [4.78, 5) is 11.9. The van der Waals surface area contributed by atoms with Crippen molar-refractivity contribution in [2.75, 3.05) is 16.8 Å². The van der Waals surface area contributed by atoms with E-state index < -0.39 is 21.5 Å². The van der Waals surface area contributed by atoms with Gasteiger partial charge in [0, 0.05) is 15.8 Å². The summed E-state index contributed by atoms with van der Waals surface area (Å²) in [7, 11) is -3.66. The zero-order valence-electron chi connectivity index (χ0n) is 10.9. The van der Waals surface area contributed by atoms with E-state index in [1.54, 1.807) is 36.4 Å². The van der Waals surface area contributed by atoms with Crippen LogP contribution >= 0.6 is 15.9 Å². The molecule has 0 bridgehead atoms. The third-order valence-corrected chi connectivity index (χ3v) is 4.85. The fourth-order valence-electron chi connectivity index (χ4n) is 1.66. The second kappa shape index (κ2) is 6.28. The van der Waals surface area contributed by atoms with Crippen molar-refractivity contribution in [2.24, 2.45) is 0 Å². The van der Waals surface area contributed by atoms with Crippen molar-refractivity contribution in [3.8, 4) is 0 Å². The van der Waals surface area contributed by atoms with Gasteiger partial charge in [0.1, 0.15) is 5.75 Å². The van der Waals surface area contributed by atoms with E-state index >= 15 is 0 Å². The Hall–Kier alpha value is -1.86. The van der Waals surface area contributed by atoms with Gasteiger partial charge in [-0.2, -0.15) is 0 Å². The van der Waals surface area contributed by atoms with Crippen LogP contribution in [0.4, 0.5) is 11.4 Å². The quantitative estimate of drug-likeness (QED) is 0.811. The van der Waals surface area contributed by atoms with Crippen molar-refractivity contribution in [2.45, 2.75) is 4.90 Å². The maximum atomic E-state index is 12.1. The standard InChI is InChI=1S/C14H13BrN2O3S/c15-10-1-7-13(8-2-10)21(19,20)9-14(18)17-12-5-3-11(16)4-6-12/h1-8H,9,16H2,(H,17,18). The zero-order chi connectivity index (χ0) is 15.5. The van der Waals surface area contributed by atoms with E-state index in [9.17, 15) is 13.2 Å². The van der Waals surface area contributed by atoms with Crippen molar-refractivity contribution < 1.29 is 13.2 Å². The van der Waals surface area contributed by atoms with Crippen LogP contribution in [0.15, 0.2) is 57.9 Å². The summed E-state index contributed by atoms with van der Waals surface area (Å²) < 4.78 is 25.0. The molecule has 21 heavy (non-hydrogen) atoms. The number of hydrogen-bond donors (Lipinski definition) is 2. The Morgan fingerprint density at radius 1 is 1.05 bits per heavy atom. The molecule has 0 aliphatic heterocycles. The molecular weight excluding hydrogens is 356 g/mol. The second-order valence-corrected chi connectivity index (χ2v) is 7.29. The number of amides is 1. The Balaban J connectivity index is 2.07. The number of nitrogen functional groups attached to an aromatic ring is 1. The van der Waals surface area contributed by atoms with Gasteiger partial charge in [-0.05, 0) is 48.5 Å². The predicted molar refractivity (Wildman–Crippen MR) is 85.7 cm³/mol. The summed E-state index contributed by atoms with van der Waals surface area (Å²) in [6.07, 6.45) is 0. The van der Waals surface area contributed by atoms with Crippen LogP contribution < -0.4 is 11.1 Å². The lowest BCUT2D eigenvalue weighted by Gasteiger charge is -2.07. The van der Waals surface area contributed by atoms with Crippen LogP contribution in [0.3, 0.4) is 0 Å². The maximum Gasteiger partial charge on any atom is 0.239 e. The molecule has 2 aromatic rings. The monoisotopic (exact) mass is 368 g/mol. The van der Waals surface area contributed by atoms with Crippen molar-refractivity contribution in [1.29, 1.82) is 0 Å². The van der Waals surface area contributed by atoms with Crippen molar-refractivity contribution in [3.63, 3.8) is 0 Å². The second-order valence-electron chi connectivity index (χ2n) is 4.38. The molecule has 0 heterocycles. The van der Waals surface area contributed by atoms with Crippen LogP contribution in [0.1, 0.15) is 0 Å². The van der Waals surface area contributed by atoms with Crippen LogP contribution in [0.2, 0.25) is 0 Å². The first-order valence-electron chi connectivity index (χ1n) is 6.00. The molecular formula is C14H13BrN2O3S. The number of nitrogens with one attached hydrogen (secondary N) is 1. The van der Waals surface area contributed by atoms with Gasteiger partial charge in [0.2, 0.25) is 5.91 Å². The van der Waals surface area contributed by atoms with Crippen molar-refractivity contribution >= 4 is 43.0 Å². The summed E-state index contributed by atoms with van der Waals surface area (Å²) in [6.45, 7) is 0. The normalized spacial score (nSPS) is 11.1. The maximum absolute atomic E-state index is 12.1. The van der Waals surface area contributed by atoms with Gasteiger partial charge in [-0.25, -0.2) is 8.42 Å². The van der Waals surface area contributed by atoms with Gasteiger partial charge in [0.25, 0.3) is 0 Å². The molecule has 2 rings (SSSR count). The van der Waals surface area contributed by atoms with E-state index in [2.05, 4.69) is 21.2 Å². The Kier molecular flexibility index (Phi) is 4.64. The Labute approximate surface area is 131 Å². The fraction of sp³-hybridized carbons (Fsp3) is 0.0714. The van der Waals surface area contributed by atoms with Gasteiger partial charge >= 0.3 is 0 Å². The van der Waals surface area contributed by atoms with Crippen LogP contribution in [-0.4, -0.2) is 20.1 Å². The third kappa shape index (κ3) is 4.30. The van der Waals surface area contributed by atoms with Crippen LogP contribution in [0.25, 0.3) is 0 Å².